The number of nitrogens with one attached hydrogen (secondary N) is 1. The highest BCUT2D eigenvalue weighted by Crippen LogP contribution is 2.23. The average Bonchev–Trinajstić information content (AvgIpc) is 3.47. The number of ether oxygens (including phenoxy) is 2. The lowest BCUT2D eigenvalue weighted by atomic mass is 9.99. The molecule has 1 rings (SSSR count). The van der Waals surface area contributed by atoms with Gasteiger partial charge in [-0.05, 0) is 70.6 Å². The van der Waals surface area contributed by atoms with Crippen LogP contribution in [0.25, 0.3) is 0 Å². The lowest BCUT2D eigenvalue weighted by molar-refractivity contribution is -0.302. The van der Waals surface area contributed by atoms with Gasteiger partial charge >= 0.3 is 0 Å². The van der Waals surface area contributed by atoms with Crippen LogP contribution in [0, 0.1) is 0 Å². The van der Waals surface area contributed by atoms with E-state index in [2.05, 4.69) is 55.6 Å². The molecule has 0 aromatic rings. The Morgan fingerprint density at radius 3 is 1.06 bits per heavy atom. The van der Waals surface area contributed by atoms with E-state index >= 15 is 0 Å². The standard InChI is InChI=1S/C70H131NO8/c1-3-5-7-9-11-13-15-17-19-21-23-25-27-29-31-32-34-35-37-39-41-43-45-47-49-51-53-55-57-59-64(73)63(62-78-70-69(77)68(76)67(75)65(61-72)79-70)71-66(74)60-58-56-54-52-50-48-46-44-42-40-38-36-33-30-28-26-24-22-20-18-16-14-12-10-8-6-4-2/h22,24,41,43,49,51,57,59,63-65,67-70,72-73,75-77H,3-21,23,25-40,42,44-48,50,52-56,58,60-62H2,1-2H3,(H,71,74)/b24-22-,43-41+,51-49+,59-57+. The molecule has 0 spiro atoms. The van der Waals surface area contributed by atoms with Crippen molar-refractivity contribution in [1.82, 2.24) is 5.32 Å². The van der Waals surface area contributed by atoms with Gasteiger partial charge in [-0.25, -0.2) is 0 Å². The van der Waals surface area contributed by atoms with Crippen LogP contribution in [0.4, 0.5) is 0 Å². The summed E-state index contributed by atoms with van der Waals surface area (Å²) in [5.74, 6) is -0.186. The lowest BCUT2D eigenvalue weighted by Gasteiger charge is -2.40. The molecular formula is C70H131NO8. The molecule has 1 saturated heterocycles. The molecule has 0 aromatic carbocycles. The zero-order valence-corrected chi connectivity index (χ0v) is 51.9. The van der Waals surface area contributed by atoms with Crippen LogP contribution in [-0.4, -0.2) is 87.5 Å². The minimum Gasteiger partial charge on any atom is -0.394 e. The maximum absolute atomic E-state index is 13.1. The van der Waals surface area contributed by atoms with Crippen molar-refractivity contribution in [1.29, 1.82) is 0 Å². The van der Waals surface area contributed by atoms with Crippen molar-refractivity contribution in [2.24, 2.45) is 0 Å². The van der Waals surface area contributed by atoms with Gasteiger partial charge in [-0.3, -0.25) is 4.79 Å². The average molecular weight is 1110 g/mol. The highest BCUT2D eigenvalue weighted by atomic mass is 16.7. The molecule has 1 aliphatic heterocycles. The lowest BCUT2D eigenvalue weighted by Crippen LogP contribution is -2.60. The molecule has 79 heavy (non-hydrogen) atoms. The molecule has 6 N–H and O–H groups in total. The number of hydrogen-bond donors (Lipinski definition) is 6. The Labute approximate surface area is 488 Å². The van der Waals surface area contributed by atoms with Crippen LogP contribution in [0.1, 0.15) is 335 Å². The molecule has 9 heteroatoms. The molecule has 1 amide bonds. The molecule has 0 aromatic heterocycles. The van der Waals surface area contributed by atoms with Gasteiger partial charge in [0.15, 0.2) is 6.29 Å². The monoisotopic (exact) mass is 1110 g/mol. The number of carbonyl (C=O) groups is 1. The molecule has 7 atom stereocenters. The zero-order chi connectivity index (χ0) is 57.2. The first kappa shape index (κ1) is 75.2. The first-order valence-electron chi connectivity index (χ1n) is 34.4. The smallest absolute Gasteiger partial charge is 0.220 e. The second kappa shape index (κ2) is 59.3. The zero-order valence-electron chi connectivity index (χ0n) is 51.9. The van der Waals surface area contributed by atoms with Gasteiger partial charge in [0.2, 0.25) is 5.91 Å². The van der Waals surface area contributed by atoms with Gasteiger partial charge in [0.25, 0.3) is 0 Å². The summed E-state index contributed by atoms with van der Waals surface area (Å²) in [6, 6.07) is -0.830. The van der Waals surface area contributed by atoms with Gasteiger partial charge in [0, 0.05) is 6.42 Å². The van der Waals surface area contributed by atoms with Crippen molar-refractivity contribution in [3.63, 3.8) is 0 Å². The number of aliphatic hydroxyl groups is 5. The summed E-state index contributed by atoms with van der Waals surface area (Å²) < 4.78 is 11.3. The van der Waals surface area contributed by atoms with Crippen molar-refractivity contribution >= 4 is 5.91 Å². The fourth-order valence-corrected chi connectivity index (χ4v) is 11.0. The highest BCUT2D eigenvalue weighted by Gasteiger charge is 2.44. The van der Waals surface area contributed by atoms with Crippen LogP contribution < -0.4 is 5.32 Å². The Morgan fingerprint density at radius 1 is 0.418 bits per heavy atom. The van der Waals surface area contributed by atoms with E-state index in [1.807, 2.05) is 6.08 Å². The van der Waals surface area contributed by atoms with Gasteiger partial charge in [0.1, 0.15) is 24.4 Å². The van der Waals surface area contributed by atoms with E-state index in [1.165, 1.54) is 270 Å². The topological polar surface area (TPSA) is 149 Å². The van der Waals surface area contributed by atoms with Crippen LogP contribution in [0.3, 0.4) is 0 Å². The number of aliphatic hydroxyl groups excluding tert-OH is 5. The minimum atomic E-state index is -1.58. The van der Waals surface area contributed by atoms with Crippen molar-refractivity contribution in [3.05, 3.63) is 48.6 Å². The van der Waals surface area contributed by atoms with Crippen molar-refractivity contribution < 1.29 is 39.8 Å². The Bertz CT molecular complexity index is 1380. The first-order valence-corrected chi connectivity index (χ1v) is 34.4. The Hall–Kier alpha value is -1.85. The maximum atomic E-state index is 13.1. The SMILES string of the molecule is CCCCCCCCCC/C=C\CCCCCCCCCCCCCCCCCC(=O)NC(COC1OC(CO)C(O)C(O)C1O)C(O)/C=C/CC/C=C/CC/C=C/CCCCCCCCCCCCCCCCCCCCC. The van der Waals surface area contributed by atoms with Crippen molar-refractivity contribution in [2.75, 3.05) is 13.2 Å². The molecule has 1 aliphatic rings. The molecule has 0 radical (unpaired) electrons. The second-order valence-electron chi connectivity index (χ2n) is 24.0. The van der Waals surface area contributed by atoms with E-state index in [4.69, 9.17) is 9.47 Å². The van der Waals surface area contributed by atoms with E-state index in [1.54, 1.807) is 6.08 Å². The predicted octanol–water partition coefficient (Wildman–Crippen LogP) is 18.4. The van der Waals surface area contributed by atoms with E-state index < -0.39 is 49.5 Å². The molecule has 7 unspecified atom stereocenters. The van der Waals surface area contributed by atoms with Crippen LogP contribution in [0.5, 0.6) is 0 Å². The molecule has 1 heterocycles. The van der Waals surface area contributed by atoms with Gasteiger partial charge in [-0.2, -0.15) is 0 Å². The van der Waals surface area contributed by atoms with Gasteiger partial charge in [-0.1, -0.05) is 306 Å². The number of unbranched alkanes of at least 4 members (excludes halogenated alkanes) is 44. The van der Waals surface area contributed by atoms with Crippen LogP contribution in [0.2, 0.25) is 0 Å². The molecular weight excluding hydrogens is 983 g/mol. The first-order chi connectivity index (χ1) is 38.8. The third-order valence-corrected chi connectivity index (χ3v) is 16.4. The predicted molar refractivity (Wildman–Crippen MR) is 336 cm³/mol. The summed E-state index contributed by atoms with van der Waals surface area (Å²) in [5, 5.41) is 54.7. The fourth-order valence-electron chi connectivity index (χ4n) is 11.0. The van der Waals surface area contributed by atoms with E-state index in [0.29, 0.717) is 6.42 Å². The Morgan fingerprint density at radius 2 is 0.722 bits per heavy atom. The molecule has 9 nitrogen and oxygen atoms in total. The normalized spacial score (nSPS) is 18.8. The van der Waals surface area contributed by atoms with E-state index in [-0.39, 0.29) is 12.5 Å². The quantitative estimate of drug-likeness (QED) is 0.0261. The van der Waals surface area contributed by atoms with Crippen molar-refractivity contribution in [2.45, 2.75) is 378 Å². The summed E-state index contributed by atoms with van der Waals surface area (Å²) in [7, 11) is 0. The number of amides is 1. The molecule has 0 bridgehead atoms. The molecule has 1 fully saturated rings. The third-order valence-electron chi connectivity index (χ3n) is 16.4. The van der Waals surface area contributed by atoms with E-state index in [9.17, 15) is 30.3 Å². The summed E-state index contributed by atoms with van der Waals surface area (Å²) in [5.41, 5.74) is 0. The van der Waals surface area contributed by atoms with Crippen LogP contribution in [0.15, 0.2) is 48.6 Å². The third kappa shape index (κ3) is 48.3. The van der Waals surface area contributed by atoms with Crippen molar-refractivity contribution in [3.8, 4) is 0 Å². The Balaban J connectivity index is 2.18. The van der Waals surface area contributed by atoms with Gasteiger partial charge in [0.05, 0.1) is 25.4 Å². The summed E-state index contributed by atoms with van der Waals surface area (Å²) in [4.78, 5) is 13.1. The second-order valence-corrected chi connectivity index (χ2v) is 24.0. The van der Waals surface area contributed by atoms with Gasteiger partial charge in [-0.15, -0.1) is 0 Å². The van der Waals surface area contributed by atoms with Crippen LogP contribution in [-0.2, 0) is 14.3 Å². The van der Waals surface area contributed by atoms with Crippen LogP contribution >= 0.6 is 0 Å². The summed E-state index contributed by atoms with van der Waals surface area (Å²) >= 11 is 0. The molecule has 464 valence electrons. The molecule has 0 aliphatic carbocycles. The largest absolute Gasteiger partial charge is 0.394 e. The Kier molecular flexibility index (Phi) is 56.4. The summed E-state index contributed by atoms with van der Waals surface area (Å²) in [6.07, 6.45) is 73.6. The number of allylic oxidation sites excluding steroid dienone is 7. The minimum absolute atomic E-state index is 0.186. The fraction of sp³-hybridized carbons (Fsp3) is 0.871. The van der Waals surface area contributed by atoms with E-state index in [0.717, 1.165) is 44.9 Å². The van der Waals surface area contributed by atoms with Gasteiger partial charge < -0.3 is 40.3 Å². The number of rotatable bonds is 60. The summed E-state index contributed by atoms with van der Waals surface area (Å²) in [6.45, 7) is 3.80. The number of carbonyl (C=O) groups excluding carboxylic acids is 1. The number of hydrogen-bond acceptors (Lipinski definition) is 8. The molecule has 0 saturated carbocycles. The maximum Gasteiger partial charge on any atom is 0.220 e. The highest BCUT2D eigenvalue weighted by molar-refractivity contribution is 5.76.